The molecule has 1 fully saturated rings. The molecule has 0 amide bonds. The number of halogens is 1. The highest BCUT2D eigenvalue weighted by atomic mass is 35.5. The average molecular weight is 373 g/mol. The van der Waals surface area contributed by atoms with Crippen molar-refractivity contribution >= 4 is 57.5 Å². The lowest BCUT2D eigenvalue weighted by atomic mass is 10.1. The summed E-state index contributed by atoms with van der Waals surface area (Å²) in [7, 11) is 0. The van der Waals surface area contributed by atoms with Gasteiger partial charge in [-0.15, -0.1) is 23.7 Å². The molecule has 128 valence electrons. The molecule has 23 heavy (non-hydrogen) atoms. The van der Waals surface area contributed by atoms with Crippen LogP contribution in [0.2, 0.25) is 0 Å². The average Bonchev–Trinajstić information content (AvgIpc) is 2.87. The SMILES string of the molecule is CCCc1sc2nc(N3CCSCC3)nc(N)c2c1CCC.Cl. The summed E-state index contributed by atoms with van der Waals surface area (Å²) in [4.78, 5) is 14.3. The smallest absolute Gasteiger partial charge is 0.228 e. The first-order valence-electron chi connectivity index (χ1n) is 8.15. The monoisotopic (exact) mass is 372 g/mol. The predicted octanol–water partition coefficient (Wildman–Crippen LogP) is 4.15. The van der Waals surface area contributed by atoms with E-state index >= 15 is 0 Å². The fraction of sp³-hybridized carbons (Fsp3) is 0.625. The van der Waals surface area contributed by atoms with E-state index in [0.29, 0.717) is 5.82 Å². The van der Waals surface area contributed by atoms with Gasteiger partial charge in [0.15, 0.2) is 0 Å². The van der Waals surface area contributed by atoms with Crippen LogP contribution in [0.4, 0.5) is 11.8 Å². The Labute approximate surface area is 152 Å². The summed E-state index contributed by atoms with van der Waals surface area (Å²) in [6.07, 6.45) is 4.48. The Morgan fingerprint density at radius 2 is 1.78 bits per heavy atom. The molecule has 0 atom stereocenters. The van der Waals surface area contributed by atoms with Gasteiger partial charge >= 0.3 is 0 Å². The first-order chi connectivity index (χ1) is 10.7. The molecule has 0 saturated carbocycles. The highest BCUT2D eigenvalue weighted by Gasteiger charge is 2.20. The Kier molecular flexibility index (Phi) is 6.80. The van der Waals surface area contributed by atoms with Gasteiger partial charge in [-0.05, 0) is 18.4 Å². The normalized spacial score (nSPS) is 15.0. The molecule has 7 heteroatoms. The van der Waals surface area contributed by atoms with Crippen LogP contribution >= 0.6 is 35.5 Å². The molecule has 0 spiro atoms. The maximum atomic E-state index is 6.33. The van der Waals surface area contributed by atoms with E-state index in [1.54, 1.807) is 0 Å². The minimum absolute atomic E-state index is 0. The van der Waals surface area contributed by atoms with Crippen LogP contribution in [0.25, 0.3) is 10.2 Å². The van der Waals surface area contributed by atoms with Gasteiger partial charge in [0.1, 0.15) is 10.6 Å². The van der Waals surface area contributed by atoms with Gasteiger partial charge in [0.2, 0.25) is 5.95 Å². The second kappa shape index (κ2) is 8.40. The van der Waals surface area contributed by atoms with Gasteiger partial charge in [-0.25, -0.2) is 4.98 Å². The molecule has 0 aromatic carbocycles. The number of nitrogens with zero attached hydrogens (tertiary/aromatic N) is 3. The third kappa shape index (κ3) is 3.86. The summed E-state index contributed by atoms with van der Waals surface area (Å²) >= 11 is 3.81. The minimum Gasteiger partial charge on any atom is -0.383 e. The van der Waals surface area contributed by atoms with Crippen molar-refractivity contribution in [2.45, 2.75) is 39.5 Å². The summed E-state index contributed by atoms with van der Waals surface area (Å²) in [5.41, 5.74) is 7.72. The van der Waals surface area contributed by atoms with Crippen molar-refractivity contribution < 1.29 is 0 Å². The molecule has 2 N–H and O–H groups in total. The zero-order valence-electron chi connectivity index (χ0n) is 13.8. The van der Waals surface area contributed by atoms with Crippen LogP contribution in [0.1, 0.15) is 37.1 Å². The maximum Gasteiger partial charge on any atom is 0.228 e. The highest BCUT2D eigenvalue weighted by Crippen LogP contribution is 2.36. The maximum absolute atomic E-state index is 6.33. The molecule has 2 aromatic rings. The van der Waals surface area contributed by atoms with Crippen LogP contribution in [-0.2, 0) is 12.8 Å². The van der Waals surface area contributed by atoms with Crippen molar-refractivity contribution in [2.24, 2.45) is 0 Å². The number of anilines is 2. The zero-order valence-corrected chi connectivity index (χ0v) is 16.3. The summed E-state index contributed by atoms with van der Waals surface area (Å²) in [6.45, 7) is 6.48. The molecule has 1 aliphatic rings. The Morgan fingerprint density at radius 3 is 2.43 bits per heavy atom. The van der Waals surface area contributed by atoms with Crippen LogP contribution in [-0.4, -0.2) is 34.6 Å². The van der Waals surface area contributed by atoms with Gasteiger partial charge in [0.25, 0.3) is 0 Å². The number of hydrogen-bond acceptors (Lipinski definition) is 6. The fourth-order valence-electron chi connectivity index (χ4n) is 2.97. The number of thioether (sulfide) groups is 1. The summed E-state index contributed by atoms with van der Waals surface area (Å²) < 4.78 is 0. The molecule has 0 aliphatic carbocycles. The number of fused-ring (bicyclic) bond motifs is 1. The van der Waals surface area contributed by atoms with Gasteiger partial charge in [0.05, 0.1) is 5.39 Å². The molecule has 1 aliphatic heterocycles. The lowest BCUT2D eigenvalue weighted by Crippen LogP contribution is -2.33. The van der Waals surface area contributed by atoms with E-state index in [-0.39, 0.29) is 12.4 Å². The number of nitrogen functional groups attached to an aromatic ring is 1. The summed E-state index contributed by atoms with van der Waals surface area (Å²) in [6, 6.07) is 0. The number of rotatable bonds is 5. The second-order valence-electron chi connectivity index (χ2n) is 5.69. The number of hydrogen-bond donors (Lipinski definition) is 1. The molecule has 2 aromatic heterocycles. The quantitative estimate of drug-likeness (QED) is 0.854. The predicted molar refractivity (Wildman–Crippen MR) is 107 cm³/mol. The number of aromatic nitrogens is 2. The molecule has 0 bridgehead atoms. The second-order valence-corrected chi connectivity index (χ2v) is 8.00. The molecular formula is C16H25ClN4S2. The first-order valence-corrected chi connectivity index (χ1v) is 10.1. The molecule has 4 nitrogen and oxygen atoms in total. The number of aryl methyl sites for hydroxylation is 2. The van der Waals surface area contributed by atoms with E-state index < -0.39 is 0 Å². The third-order valence-electron chi connectivity index (χ3n) is 4.02. The van der Waals surface area contributed by atoms with E-state index in [0.717, 1.165) is 66.4 Å². The largest absolute Gasteiger partial charge is 0.383 e. The molecule has 3 heterocycles. The van der Waals surface area contributed by atoms with E-state index in [9.17, 15) is 0 Å². The van der Waals surface area contributed by atoms with Crippen LogP contribution in [0.15, 0.2) is 0 Å². The van der Waals surface area contributed by atoms with Crippen molar-refractivity contribution in [3.8, 4) is 0 Å². The standard InChI is InChI=1S/C16H24N4S2.ClH/c1-3-5-11-12(6-4-2)22-15-13(11)14(17)18-16(19-15)20-7-9-21-10-8-20;/h3-10H2,1-2H3,(H2,17,18,19);1H. The van der Waals surface area contributed by atoms with E-state index in [4.69, 9.17) is 10.7 Å². The van der Waals surface area contributed by atoms with Crippen LogP contribution < -0.4 is 10.6 Å². The highest BCUT2D eigenvalue weighted by molar-refractivity contribution is 7.99. The molecule has 3 rings (SSSR count). The van der Waals surface area contributed by atoms with Crippen molar-refractivity contribution in [1.29, 1.82) is 0 Å². The Morgan fingerprint density at radius 1 is 1.09 bits per heavy atom. The first kappa shape index (κ1) is 18.6. The fourth-order valence-corrected chi connectivity index (χ4v) is 5.20. The van der Waals surface area contributed by atoms with Gasteiger partial charge in [-0.3, -0.25) is 0 Å². The van der Waals surface area contributed by atoms with Gasteiger partial charge in [-0.1, -0.05) is 26.7 Å². The van der Waals surface area contributed by atoms with Crippen molar-refractivity contribution in [3.63, 3.8) is 0 Å². The molecule has 0 unspecified atom stereocenters. The van der Waals surface area contributed by atoms with Gasteiger partial charge in [0, 0.05) is 29.5 Å². The Bertz CT molecular complexity index is 653. The number of thiophene rings is 1. The van der Waals surface area contributed by atoms with Crippen molar-refractivity contribution in [1.82, 2.24) is 9.97 Å². The molecule has 0 radical (unpaired) electrons. The Hall–Kier alpha value is -0.720. The molecule has 1 saturated heterocycles. The number of nitrogens with two attached hydrogens (primary N) is 1. The lowest BCUT2D eigenvalue weighted by molar-refractivity contribution is 0.822. The molecular weight excluding hydrogens is 348 g/mol. The van der Waals surface area contributed by atoms with E-state index in [1.807, 2.05) is 23.1 Å². The van der Waals surface area contributed by atoms with Crippen LogP contribution in [0.3, 0.4) is 0 Å². The topological polar surface area (TPSA) is 55.0 Å². The van der Waals surface area contributed by atoms with Crippen molar-refractivity contribution in [2.75, 3.05) is 35.2 Å². The van der Waals surface area contributed by atoms with E-state index in [2.05, 4.69) is 23.7 Å². The summed E-state index contributed by atoms with van der Waals surface area (Å²) in [5, 5.41) is 1.12. The Balaban J connectivity index is 0.00000192. The van der Waals surface area contributed by atoms with Crippen LogP contribution in [0, 0.1) is 0 Å². The van der Waals surface area contributed by atoms with Crippen LogP contribution in [0.5, 0.6) is 0 Å². The zero-order chi connectivity index (χ0) is 15.5. The van der Waals surface area contributed by atoms with E-state index in [1.165, 1.54) is 10.4 Å². The van der Waals surface area contributed by atoms with Gasteiger partial charge in [-0.2, -0.15) is 16.7 Å². The van der Waals surface area contributed by atoms with Crippen molar-refractivity contribution in [3.05, 3.63) is 10.4 Å². The third-order valence-corrected chi connectivity index (χ3v) is 6.15. The van der Waals surface area contributed by atoms with Gasteiger partial charge < -0.3 is 10.6 Å². The minimum atomic E-state index is 0. The summed E-state index contributed by atoms with van der Waals surface area (Å²) in [5.74, 6) is 3.78. The lowest BCUT2D eigenvalue weighted by Gasteiger charge is -2.26.